The largest absolute Gasteiger partial charge is 0.481 e. The summed E-state index contributed by atoms with van der Waals surface area (Å²) in [6, 6.07) is 3.59. The van der Waals surface area contributed by atoms with Crippen molar-refractivity contribution in [2.45, 2.75) is 18.9 Å². The number of aromatic carboxylic acids is 1. The van der Waals surface area contributed by atoms with E-state index in [0.717, 1.165) is 0 Å². The molecule has 21 heavy (non-hydrogen) atoms. The highest BCUT2D eigenvalue weighted by atomic mass is 16.4. The first kappa shape index (κ1) is 16.2. The number of nitrogens with one attached hydrogen (secondary N) is 1. The van der Waals surface area contributed by atoms with E-state index in [1.807, 2.05) is 0 Å². The maximum atomic E-state index is 11.8. The fraction of sp³-hybridized carbons (Fsp3) is 0.231. The highest BCUT2D eigenvalue weighted by molar-refractivity contribution is 5.97. The molecule has 0 unspecified atom stereocenters. The molecule has 1 atom stereocenters. The zero-order valence-corrected chi connectivity index (χ0v) is 10.8. The van der Waals surface area contributed by atoms with Gasteiger partial charge < -0.3 is 20.6 Å². The minimum absolute atomic E-state index is 0.00721. The molecule has 0 saturated carbocycles. The number of hydrogen-bond acceptors (Lipinski definition) is 4. The fourth-order valence-corrected chi connectivity index (χ4v) is 1.53. The van der Waals surface area contributed by atoms with Gasteiger partial charge in [0.25, 0.3) is 5.91 Å². The lowest BCUT2D eigenvalue weighted by atomic mass is 10.1. The van der Waals surface area contributed by atoms with Crippen LogP contribution in [0.4, 0.5) is 0 Å². The summed E-state index contributed by atoms with van der Waals surface area (Å²) in [5, 5.41) is 28.3. The van der Waals surface area contributed by atoms with E-state index in [2.05, 4.69) is 5.32 Å². The fourth-order valence-electron chi connectivity index (χ4n) is 1.53. The van der Waals surface area contributed by atoms with E-state index in [9.17, 15) is 19.2 Å². The van der Waals surface area contributed by atoms with Gasteiger partial charge in [-0.1, -0.05) is 0 Å². The highest BCUT2D eigenvalue weighted by Crippen LogP contribution is 2.06. The van der Waals surface area contributed by atoms with Crippen LogP contribution < -0.4 is 5.32 Å². The Hall–Kier alpha value is -2.90. The molecule has 0 saturated heterocycles. The minimum Gasteiger partial charge on any atom is -0.481 e. The molecular formula is C13H13NO7. The molecule has 0 spiro atoms. The first-order valence-electron chi connectivity index (χ1n) is 5.90. The lowest BCUT2D eigenvalue weighted by molar-refractivity contribution is -0.140. The quantitative estimate of drug-likeness (QED) is 0.571. The molecule has 1 aromatic rings. The maximum absolute atomic E-state index is 11.8. The van der Waals surface area contributed by atoms with Gasteiger partial charge in [-0.2, -0.15) is 0 Å². The molecule has 0 bridgehead atoms. The standard InChI is InChI=1S/C13H13NO7/c15-10(16)6-5-9(13(20)21)14-11(17)7-1-3-8(4-2-7)12(18)19/h1-4,9H,5-6H2,(H,14,17)(H,15,16)(H,18,19)(H,20,21)/t9-/m0/s1. The molecule has 0 radical (unpaired) electrons. The number of hydrogen-bond donors (Lipinski definition) is 4. The maximum Gasteiger partial charge on any atom is 0.335 e. The highest BCUT2D eigenvalue weighted by Gasteiger charge is 2.21. The van der Waals surface area contributed by atoms with Gasteiger partial charge >= 0.3 is 17.9 Å². The molecule has 1 rings (SSSR count). The smallest absolute Gasteiger partial charge is 0.335 e. The minimum atomic E-state index is -1.34. The van der Waals surface area contributed by atoms with E-state index in [1.165, 1.54) is 24.3 Å². The van der Waals surface area contributed by atoms with Crippen molar-refractivity contribution in [1.29, 1.82) is 0 Å². The van der Waals surface area contributed by atoms with E-state index in [0.29, 0.717) is 0 Å². The monoisotopic (exact) mass is 295 g/mol. The zero-order chi connectivity index (χ0) is 16.0. The molecule has 0 aromatic heterocycles. The summed E-state index contributed by atoms with van der Waals surface area (Å²) in [5.41, 5.74) is 0.0776. The van der Waals surface area contributed by atoms with Gasteiger partial charge in [0.1, 0.15) is 6.04 Å². The van der Waals surface area contributed by atoms with Crippen molar-refractivity contribution < 1.29 is 34.5 Å². The lowest BCUT2D eigenvalue weighted by Crippen LogP contribution is -2.41. The Morgan fingerprint density at radius 2 is 1.48 bits per heavy atom. The van der Waals surface area contributed by atoms with Gasteiger partial charge in [-0.3, -0.25) is 9.59 Å². The summed E-state index contributed by atoms with van der Waals surface area (Å²) in [7, 11) is 0. The third kappa shape index (κ3) is 4.94. The number of carbonyl (C=O) groups excluding carboxylic acids is 1. The van der Waals surface area contributed by atoms with Crippen molar-refractivity contribution in [3.63, 3.8) is 0 Å². The average Bonchev–Trinajstić information content (AvgIpc) is 2.42. The van der Waals surface area contributed by atoms with Crippen LogP contribution in [0.15, 0.2) is 24.3 Å². The Morgan fingerprint density at radius 1 is 0.952 bits per heavy atom. The summed E-state index contributed by atoms with van der Waals surface area (Å²) >= 11 is 0. The second-order valence-corrected chi connectivity index (χ2v) is 4.18. The van der Waals surface area contributed by atoms with Crippen LogP contribution in [0.1, 0.15) is 33.6 Å². The number of benzene rings is 1. The molecule has 0 fully saturated rings. The van der Waals surface area contributed by atoms with Gasteiger partial charge in [0.05, 0.1) is 5.56 Å². The summed E-state index contributed by atoms with van der Waals surface area (Å²) in [6.45, 7) is 0. The number of carboxylic acid groups (broad SMARTS) is 3. The van der Waals surface area contributed by atoms with Gasteiger partial charge in [-0.15, -0.1) is 0 Å². The van der Waals surface area contributed by atoms with Crippen molar-refractivity contribution in [1.82, 2.24) is 5.32 Å². The summed E-state index contributed by atoms with van der Waals surface area (Å²) in [4.78, 5) is 43.8. The van der Waals surface area contributed by atoms with Gasteiger partial charge in [0.2, 0.25) is 0 Å². The molecule has 8 heteroatoms. The van der Waals surface area contributed by atoms with Crippen LogP contribution in [-0.2, 0) is 9.59 Å². The van der Waals surface area contributed by atoms with Gasteiger partial charge in [0, 0.05) is 12.0 Å². The van der Waals surface area contributed by atoms with E-state index in [4.69, 9.17) is 15.3 Å². The third-order valence-electron chi connectivity index (χ3n) is 2.64. The van der Waals surface area contributed by atoms with Crippen LogP contribution in [-0.4, -0.2) is 45.2 Å². The predicted octanol–water partition coefficient (Wildman–Crippen LogP) is 0.433. The summed E-state index contributed by atoms with van der Waals surface area (Å²) in [5.74, 6) is -4.37. The summed E-state index contributed by atoms with van der Waals surface area (Å²) < 4.78 is 0. The van der Waals surface area contributed by atoms with Crippen molar-refractivity contribution >= 4 is 23.8 Å². The molecule has 0 aliphatic rings. The van der Waals surface area contributed by atoms with Crippen LogP contribution in [0, 0.1) is 0 Å². The van der Waals surface area contributed by atoms with Crippen LogP contribution in [0.2, 0.25) is 0 Å². The first-order chi connectivity index (χ1) is 9.81. The molecule has 4 N–H and O–H groups in total. The number of amides is 1. The van der Waals surface area contributed by atoms with Crippen LogP contribution in [0.25, 0.3) is 0 Å². The molecule has 0 aliphatic carbocycles. The third-order valence-corrected chi connectivity index (χ3v) is 2.64. The zero-order valence-electron chi connectivity index (χ0n) is 10.8. The van der Waals surface area contributed by atoms with Gasteiger partial charge in [-0.25, -0.2) is 9.59 Å². The number of rotatable bonds is 7. The second-order valence-electron chi connectivity index (χ2n) is 4.18. The van der Waals surface area contributed by atoms with Gasteiger partial charge in [0.15, 0.2) is 0 Å². The van der Waals surface area contributed by atoms with Crippen LogP contribution in [0.5, 0.6) is 0 Å². The van der Waals surface area contributed by atoms with Crippen molar-refractivity contribution in [2.24, 2.45) is 0 Å². The molecule has 0 heterocycles. The number of carboxylic acids is 3. The Kier molecular flexibility index (Phi) is 5.41. The summed E-state index contributed by atoms with van der Waals surface area (Å²) in [6.07, 6.45) is -0.640. The Morgan fingerprint density at radius 3 is 1.90 bits per heavy atom. The van der Waals surface area contributed by atoms with Crippen molar-refractivity contribution in [3.8, 4) is 0 Å². The van der Waals surface area contributed by atoms with E-state index in [-0.39, 0.29) is 17.5 Å². The second kappa shape index (κ2) is 7.04. The molecule has 1 aromatic carbocycles. The molecule has 8 nitrogen and oxygen atoms in total. The van der Waals surface area contributed by atoms with E-state index in [1.54, 1.807) is 0 Å². The SMILES string of the molecule is O=C(O)CC[C@H](NC(=O)c1ccc(C(=O)O)cc1)C(=O)O. The molecule has 0 aliphatic heterocycles. The number of aliphatic carboxylic acids is 2. The molecular weight excluding hydrogens is 282 g/mol. The van der Waals surface area contributed by atoms with E-state index >= 15 is 0 Å². The number of carbonyl (C=O) groups is 4. The predicted molar refractivity (Wildman–Crippen MR) is 69.2 cm³/mol. The van der Waals surface area contributed by atoms with Crippen LogP contribution >= 0.6 is 0 Å². The van der Waals surface area contributed by atoms with Crippen LogP contribution in [0.3, 0.4) is 0 Å². The first-order valence-corrected chi connectivity index (χ1v) is 5.90. The van der Waals surface area contributed by atoms with Crippen molar-refractivity contribution in [2.75, 3.05) is 0 Å². The van der Waals surface area contributed by atoms with Crippen molar-refractivity contribution in [3.05, 3.63) is 35.4 Å². The topological polar surface area (TPSA) is 141 Å². The molecule has 112 valence electrons. The normalized spacial score (nSPS) is 11.4. The van der Waals surface area contributed by atoms with E-state index < -0.39 is 36.3 Å². The molecule has 1 amide bonds. The average molecular weight is 295 g/mol. The Labute approximate surface area is 119 Å². The Bertz CT molecular complexity index is 564. The Balaban J connectivity index is 2.74. The lowest BCUT2D eigenvalue weighted by Gasteiger charge is -2.13. The van der Waals surface area contributed by atoms with Gasteiger partial charge in [-0.05, 0) is 30.7 Å².